The molecule has 1 heterocycles. The van der Waals surface area contributed by atoms with E-state index in [0.717, 1.165) is 11.3 Å². The lowest BCUT2D eigenvalue weighted by molar-refractivity contribution is -0.384. The van der Waals surface area contributed by atoms with Crippen molar-refractivity contribution in [2.24, 2.45) is 5.73 Å². The third-order valence-electron chi connectivity index (χ3n) is 5.69. The molecule has 0 spiro atoms. The molecule has 0 unspecified atom stereocenters. The number of primary amides is 1. The SMILES string of the molecule is NC(=O)c1ccccc1OCc1cccc(C(=O)N2CCN(c3cccc([N+](=O)[O-])c3)CC2)c1. The molecule has 174 valence electrons. The van der Waals surface area contributed by atoms with Gasteiger partial charge in [0.15, 0.2) is 0 Å². The standard InChI is InChI=1S/C25H24N4O5/c26-24(30)22-9-1-2-10-23(22)34-17-18-5-3-6-19(15-18)25(31)28-13-11-27(12-14-28)20-7-4-8-21(16-20)29(32)33/h1-10,15-16H,11-14,17H2,(H2,26,30). The molecule has 1 fully saturated rings. The molecule has 1 saturated heterocycles. The average Bonchev–Trinajstić information content (AvgIpc) is 2.87. The normalized spacial score (nSPS) is 13.4. The van der Waals surface area contributed by atoms with E-state index >= 15 is 0 Å². The lowest BCUT2D eigenvalue weighted by Crippen LogP contribution is -2.48. The summed E-state index contributed by atoms with van der Waals surface area (Å²) in [5.74, 6) is -0.258. The van der Waals surface area contributed by atoms with Crippen LogP contribution in [0.4, 0.5) is 11.4 Å². The molecule has 1 aliphatic rings. The highest BCUT2D eigenvalue weighted by molar-refractivity contribution is 5.95. The van der Waals surface area contributed by atoms with Crippen LogP contribution in [0.3, 0.4) is 0 Å². The van der Waals surface area contributed by atoms with Crippen molar-refractivity contribution in [1.29, 1.82) is 0 Å². The zero-order valence-corrected chi connectivity index (χ0v) is 18.4. The number of hydrogen-bond acceptors (Lipinski definition) is 6. The molecule has 0 saturated carbocycles. The number of non-ortho nitro benzene ring substituents is 1. The first-order valence-corrected chi connectivity index (χ1v) is 10.8. The summed E-state index contributed by atoms with van der Waals surface area (Å²) < 4.78 is 5.77. The van der Waals surface area contributed by atoms with E-state index in [1.54, 1.807) is 59.5 Å². The van der Waals surface area contributed by atoms with E-state index in [9.17, 15) is 19.7 Å². The van der Waals surface area contributed by atoms with Gasteiger partial charge >= 0.3 is 0 Å². The Balaban J connectivity index is 1.38. The van der Waals surface area contributed by atoms with Gasteiger partial charge in [-0.3, -0.25) is 19.7 Å². The quantitative estimate of drug-likeness (QED) is 0.427. The zero-order chi connectivity index (χ0) is 24.1. The molecule has 2 N–H and O–H groups in total. The van der Waals surface area contributed by atoms with E-state index < -0.39 is 10.8 Å². The van der Waals surface area contributed by atoms with Gasteiger partial charge < -0.3 is 20.3 Å². The van der Waals surface area contributed by atoms with E-state index in [2.05, 4.69) is 0 Å². The Bertz CT molecular complexity index is 1220. The Morgan fingerprint density at radius 2 is 1.68 bits per heavy atom. The molecule has 3 aromatic carbocycles. The van der Waals surface area contributed by atoms with Crippen molar-refractivity contribution in [2.45, 2.75) is 6.61 Å². The van der Waals surface area contributed by atoms with Gasteiger partial charge in [0.05, 0.1) is 10.5 Å². The van der Waals surface area contributed by atoms with Gasteiger partial charge in [0.1, 0.15) is 12.4 Å². The lowest BCUT2D eigenvalue weighted by Gasteiger charge is -2.36. The van der Waals surface area contributed by atoms with Crippen LogP contribution < -0.4 is 15.4 Å². The van der Waals surface area contributed by atoms with Crippen LogP contribution in [0.5, 0.6) is 5.75 Å². The predicted octanol–water partition coefficient (Wildman–Crippen LogP) is 3.24. The van der Waals surface area contributed by atoms with Gasteiger partial charge in [-0.2, -0.15) is 0 Å². The van der Waals surface area contributed by atoms with E-state index in [0.29, 0.717) is 43.1 Å². The first-order chi connectivity index (χ1) is 16.4. The third-order valence-corrected chi connectivity index (χ3v) is 5.69. The third kappa shape index (κ3) is 5.15. The maximum absolute atomic E-state index is 13.1. The van der Waals surface area contributed by atoms with Crippen molar-refractivity contribution < 1.29 is 19.2 Å². The number of amides is 2. The molecule has 0 atom stereocenters. The summed E-state index contributed by atoms with van der Waals surface area (Å²) in [4.78, 5) is 39.1. The van der Waals surface area contributed by atoms with E-state index in [4.69, 9.17) is 10.5 Å². The number of carbonyl (C=O) groups excluding carboxylic acids is 2. The van der Waals surface area contributed by atoms with Crippen molar-refractivity contribution in [1.82, 2.24) is 4.90 Å². The number of piperazine rings is 1. The van der Waals surface area contributed by atoms with Gasteiger partial charge in [-0.25, -0.2) is 0 Å². The summed E-state index contributed by atoms with van der Waals surface area (Å²) in [7, 11) is 0. The number of benzene rings is 3. The van der Waals surface area contributed by atoms with Crippen LogP contribution in [0.25, 0.3) is 0 Å². The minimum Gasteiger partial charge on any atom is -0.488 e. The van der Waals surface area contributed by atoms with Crippen LogP contribution in [-0.4, -0.2) is 47.8 Å². The number of carbonyl (C=O) groups is 2. The van der Waals surface area contributed by atoms with E-state index in [-0.39, 0.29) is 18.2 Å². The first-order valence-electron chi connectivity index (χ1n) is 10.8. The first kappa shape index (κ1) is 22.8. The maximum Gasteiger partial charge on any atom is 0.271 e. The molecule has 1 aliphatic heterocycles. The second-order valence-electron chi connectivity index (χ2n) is 7.91. The highest BCUT2D eigenvalue weighted by atomic mass is 16.6. The van der Waals surface area contributed by atoms with Crippen LogP contribution in [0, 0.1) is 10.1 Å². The molecule has 0 aromatic heterocycles. The molecule has 0 radical (unpaired) electrons. The van der Waals surface area contributed by atoms with Crippen LogP contribution >= 0.6 is 0 Å². The fraction of sp³-hybridized carbons (Fsp3) is 0.200. The summed E-state index contributed by atoms with van der Waals surface area (Å²) in [6, 6.07) is 20.5. The Morgan fingerprint density at radius 3 is 2.41 bits per heavy atom. The summed E-state index contributed by atoms with van der Waals surface area (Å²) >= 11 is 0. The van der Waals surface area contributed by atoms with Gasteiger partial charge in [0, 0.05) is 49.6 Å². The van der Waals surface area contributed by atoms with Gasteiger partial charge in [-0.1, -0.05) is 30.3 Å². The smallest absolute Gasteiger partial charge is 0.271 e. The summed E-state index contributed by atoms with van der Waals surface area (Å²) in [5, 5.41) is 11.0. The van der Waals surface area contributed by atoms with Crippen molar-refractivity contribution in [2.75, 3.05) is 31.1 Å². The number of nitrogens with zero attached hydrogens (tertiary/aromatic N) is 3. The molecule has 3 aromatic rings. The largest absolute Gasteiger partial charge is 0.488 e. The van der Waals surface area contributed by atoms with Crippen LogP contribution in [0.1, 0.15) is 26.3 Å². The highest BCUT2D eigenvalue weighted by Crippen LogP contribution is 2.23. The number of hydrogen-bond donors (Lipinski definition) is 1. The number of nitrogens with two attached hydrogens (primary N) is 1. The van der Waals surface area contributed by atoms with Gasteiger partial charge in [-0.05, 0) is 35.9 Å². The molecule has 9 nitrogen and oxygen atoms in total. The summed E-state index contributed by atoms with van der Waals surface area (Å²) in [5.41, 5.74) is 7.86. The molecule has 2 amide bonds. The monoisotopic (exact) mass is 460 g/mol. The van der Waals surface area contributed by atoms with Crippen molar-refractivity contribution in [3.63, 3.8) is 0 Å². The number of rotatable bonds is 7. The van der Waals surface area contributed by atoms with Crippen LogP contribution in [0.15, 0.2) is 72.8 Å². The molecule has 0 bridgehead atoms. The Hall–Kier alpha value is -4.40. The summed E-state index contributed by atoms with van der Waals surface area (Å²) in [6.07, 6.45) is 0. The molecular formula is C25H24N4O5. The highest BCUT2D eigenvalue weighted by Gasteiger charge is 2.23. The average molecular weight is 460 g/mol. The molecule has 4 rings (SSSR count). The number of anilines is 1. The molecular weight excluding hydrogens is 436 g/mol. The number of nitro groups is 1. The Labute approximate surface area is 196 Å². The van der Waals surface area contributed by atoms with Crippen molar-refractivity contribution in [3.05, 3.63) is 99.6 Å². The predicted molar refractivity (Wildman–Crippen MR) is 127 cm³/mol. The minimum atomic E-state index is -0.566. The fourth-order valence-electron chi connectivity index (χ4n) is 3.90. The van der Waals surface area contributed by atoms with Gasteiger partial charge in [0.25, 0.3) is 17.5 Å². The number of nitro benzene ring substituents is 1. The topological polar surface area (TPSA) is 119 Å². The molecule has 34 heavy (non-hydrogen) atoms. The Morgan fingerprint density at radius 1 is 0.941 bits per heavy atom. The summed E-state index contributed by atoms with van der Waals surface area (Å²) in [6.45, 7) is 2.37. The zero-order valence-electron chi connectivity index (χ0n) is 18.4. The minimum absolute atomic E-state index is 0.0495. The number of ether oxygens (including phenoxy) is 1. The van der Waals surface area contributed by atoms with Crippen molar-refractivity contribution in [3.8, 4) is 5.75 Å². The van der Waals surface area contributed by atoms with E-state index in [1.165, 1.54) is 6.07 Å². The maximum atomic E-state index is 13.1. The second-order valence-corrected chi connectivity index (χ2v) is 7.91. The Kier molecular flexibility index (Phi) is 6.72. The van der Waals surface area contributed by atoms with Gasteiger partial charge in [-0.15, -0.1) is 0 Å². The van der Waals surface area contributed by atoms with Gasteiger partial charge in [0.2, 0.25) is 0 Å². The fourth-order valence-corrected chi connectivity index (χ4v) is 3.90. The number of para-hydroxylation sites is 1. The van der Waals surface area contributed by atoms with Crippen LogP contribution in [0.2, 0.25) is 0 Å². The second kappa shape index (κ2) is 10.0. The van der Waals surface area contributed by atoms with Crippen molar-refractivity contribution >= 4 is 23.2 Å². The molecule has 0 aliphatic carbocycles. The van der Waals surface area contributed by atoms with E-state index in [1.807, 2.05) is 17.0 Å². The van der Waals surface area contributed by atoms with Crippen LogP contribution in [-0.2, 0) is 6.61 Å². The molecule has 9 heteroatoms. The lowest BCUT2D eigenvalue weighted by atomic mass is 10.1.